The number of amides is 2. The number of carbonyl (C=O) groups excluding carboxylic acids is 2. The van der Waals surface area contributed by atoms with Gasteiger partial charge >= 0.3 is 0 Å². The molecule has 2 amide bonds. The fraction of sp³-hybridized carbons (Fsp3) is 0.364. The standard InChI is InChI=1S/C22H22N2O6/c25-21(12-23-22(26)15-4-6-18-20(11-15)30-13-29-18)24-7-1-2-16(24)14-3-5-17-19(10-14)28-9-8-27-17/h3-6,10-11,16H,1-2,7-9,12-13H2,(H,23,26)/t16-/m0/s1. The Morgan fingerprint density at radius 3 is 2.57 bits per heavy atom. The first-order valence-electron chi connectivity index (χ1n) is 10.1. The minimum absolute atomic E-state index is 0.0317. The smallest absolute Gasteiger partial charge is 0.251 e. The van der Waals surface area contributed by atoms with Crippen LogP contribution in [0.5, 0.6) is 23.0 Å². The van der Waals surface area contributed by atoms with Gasteiger partial charge in [-0.2, -0.15) is 0 Å². The van der Waals surface area contributed by atoms with Crippen molar-refractivity contribution >= 4 is 11.8 Å². The molecule has 0 radical (unpaired) electrons. The molecule has 0 aliphatic carbocycles. The maximum absolute atomic E-state index is 12.9. The van der Waals surface area contributed by atoms with Gasteiger partial charge in [-0.05, 0) is 48.7 Å². The number of likely N-dealkylation sites (tertiary alicyclic amines) is 1. The lowest BCUT2D eigenvalue weighted by atomic mass is 10.0. The van der Waals surface area contributed by atoms with E-state index < -0.39 is 0 Å². The summed E-state index contributed by atoms with van der Waals surface area (Å²) in [5.41, 5.74) is 1.45. The second kappa shape index (κ2) is 7.78. The van der Waals surface area contributed by atoms with E-state index in [2.05, 4.69) is 5.32 Å². The van der Waals surface area contributed by atoms with Gasteiger partial charge in [0.05, 0.1) is 12.6 Å². The molecule has 3 heterocycles. The largest absolute Gasteiger partial charge is 0.486 e. The van der Waals surface area contributed by atoms with Crippen LogP contribution in [0.15, 0.2) is 36.4 Å². The van der Waals surface area contributed by atoms with Crippen molar-refractivity contribution < 1.29 is 28.5 Å². The van der Waals surface area contributed by atoms with Crippen LogP contribution in [0.4, 0.5) is 0 Å². The van der Waals surface area contributed by atoms with E-state index in [1.165, 1.54) is 0 Å². The minimum Gasteiger partial charge on any atom is -0.486 e. The van der Waals surface area contributed by atoms with Crippen LogP contribution in [0.1, 0.15) is 34.8 Å². The van der Waals surface area contributed by atoms with Crippen LogP contribution < -0.4 is 24.3 Å². The molecule has 2 aromatic rings. The van der Waals surface area contributed by atoms with E-state index >= 15 is 0 Å². The van der Waals surface area contributed by atoms with Gasteiger partial charge in [0.25, 0.3) is 5.91 Å². The summed E-state index contributed by atoms with van der Waals surface area (Å²) in [7, 11) is 0. The van der Waals surface area contributed by atoms with Crippen LogP contribution in [0.25, 0.3) is 0 Å². The third-order valence-corrected chi connectivity index (χ3v) is 5.56. The van der Waals surface area contributed by atoms with Gasteiger partial charge in [0.15, 0.2) is 23.0 Å². The Hall–Kier alpha value is -3.42. The zero-order valence-electron chi connectivity index (χ0n) is 16.4. The van der Waals surface area contributed by atoms with Crippen LogP contribution in [0.2, 0.25) is 0 Å². The van der Waals surface area contributed by atoms with E-state index in [-0.39, 0.29) is 31.2 Å². The van der Waals surface area contributed by atoms with Crippen LogP contribution >= 0.6 is 0 Å². The number of nitrogens with zero attached hydrogens (tertiary/aromatic N) is 1. The van der Waals surface area contributed by atoms with E-state index in [1.54, 1.807) is 18.2 Å². The number of hydrogen-bond acceptors (Lipinski definition) is 6. The van der Waals surface area contributed by atoms with E-state index in [0.29, 0.717) is 42.6 Å². The van der Waals surface area contributed by atoms with Gasteiger partial charge in [-0.25, -0.2) is 0 Å². The highest BCUT2D eigenvalue weighted by atomic mass is 16.7. The van der Waals surface area contributed by atoms with Crippen molar-refractivity contribution in [3.05, 3.63) is 47.5 Å². The molecule has 2 aromatic carbocycles. The first-order valence-corrected chi connectivity index (χ1v) is 10.1. The number of carbonyl (C=O) groups is 2. The van der Waals surface area contributed by atoms with E-state index in [0.717, 1.165) is 24.2 Å². The number of rotatable bonds is 4. The maximum Gasteiger partial charge on any atom is 0.251 e. The van der Waals surface area contributed by atoms with Crippen molar-refractivity contribution in [2.45, 2.75) is 18.9 Å². The summed E-state index contributed by atoms with van der Waals surface area (Å²) in [4.78, 5) is 27.1. The van der Waals surface area contributed by atoms with Crippen molar-refractivity contribution in [2.24, 2.45) is 0 Å². The van der Waals surface area contributed by atoms with Gasteiger partial charge in [0, 0.05) is 12.1 Å². The predicted molar refractivity (Wildman–Crippen MR) is 106 cm³/mol. The number of benzene rings is 2. The maximum atomic E-state index is 12.9. The predicted octanol–water partition coefficient (Wildman–Crippen LogP) is 2.28. The lowest BCUT2D eigenvalue weighted by Gasteiger charge is -2.27. The molecule has 0 spiro atoms. The molecule has 1 saturated heterocycles. The second-order valence-electron chi connectivity index (χ2n) is 7.40. The van der Waals surface area contributed by atoms with Gasteiger partial charge in [-0.1, -0.05) is 6.07 Å². The summed E-state index contributed by atoms with van der Waals surface area (Å²) < 4.78 is 21.8. The van der Waals surface area contributed by atoms with E-state index in [4.69, 9.17) is 18.9 Å². The van der Waals surface area contributed by atoms with Crippen molar-refractivity contribution in [3.8, 4) is 23.0 Å². The molecule has 0 aromatic heterocycles. The summed E-state index contributed by atoms with van der Waals surface area (Å²) in [5, 5.41) is 2.72. The molecule has 0 bridgehead atoms. The Kier molecular flexibility index (Phi) is 4.82. The molecule has 30 heavy (non-hydrogen) atoms. The highest BCUT2D eigenvalue weighted by Gasteiger charge is 2.31. The molecule has 3 aliphatic rings. The summed E-state index contributed by atoms with van der Waals surface area (Å²) in [5.74, 6) is 2.17. The molecule has 3 aliphatic heterocycles. The van der Waals surface area contributed by atoms with Crippen LogP contribution in [0.3, 0.4) is 0 Å². The first-order chi connectivity index (χ1) is 14.7. The lowest BCUT2D eigenvalue weighted by Crippen LogP contribution is -2.39. The average molecular weight is 410 g/mol. The third kappa shape index (κ3) is 3.49. The van der Waals surface area contributed by atoms with Crippen molar-refractivity contribution in [3.63, 3.8) is 0 Å². The topological polar surface area (TPSA) is 86.3 Å². The molecule has 8 heteroatoms. The lowest BCUT2D eigenvalue weighted by molar-refractivity contribution is -0.131. The second-order valence-corrected chi connectivity index (χ2v) is 7.40. The van der Waals surface area contributed by atoms with Gasteiger partial charge in [-0.15, -0.1) is 0 Å². The SMILES string of the molecule is O=C(NCC(=O)N1CCC[C@H]1c1ccc2c(c1)OCCO2)c1ccc2c(c1)OCO2. The number of ether oxygens (including phenoxy) is 4. The first kappa shape index (κ1) is 18.6. The molecular formula is C22H22N2O6. The highest BCUT2D eigenvalue weighted by molar-refractivity contribution is 5.97. The fourth-order valence-corrected chi connectivity index (χ4v) is 4.08. The summed E-state index contributed by atoms with van der Waals surface area (Å²) in [6.07, 6.45) is 1.79. The molecule has 1 N–H and O–H groups in total. The summed E-state index contributed by atoms with van der Waals surface area (Å²) in [6, 6.07) is 10.8. The number of fused-ring (bicyclic) bond motifs is 2. The minimum atomic E-state index is -0.322. The van der Waals surface area contributed by atoms with E-state index in [9.17, 15) is 9.59 Å². The molecule has 0 unspecified atom stereocenters. The highest BCUT2D eigenvalue weighted by Crippen LogP contribution is 2.38. The number of nitrogens with one attached hydrogen (secondary N) is 1. The molecule has 156 valence electrons. The Labute approximate surface area is 173 Å². The molecule has 5 rings (SSSR count). The molecule has 0 saturated carbocycles. The monoisotopic (exact) mass is 410 g/mol. The Bertz CT molecular complexity index is 992. The third-order valence-electron chi connectivity index (χ3n) is 5.56. The average Bonchev–Trinajstić information content (AvgIpc) is 3.46. The fourth-order valence-electron chi connectivity index (χ4n) is 4.08. The Morgan fingerprint density at radius 2 is 1.67 bits per heavy atom. The molecule has 1 fully saturated rings. The Balaban J connectivity index is 1.24. The van der Waals surface area contributed by atoms with Crippen LogP contribution in [0, 0.1) is 0 Å². The van der Waals surface area contributed by atoms with Crippen LogP contribution in [-0.4, -0.2) is 49.8 Å². The van der Waals surface area contributed by atoms with Crippen molar-refractivity contribution in [2.75, 3.05) is 33.1 Å². The summed E-state index contributed by atoms with van der Waals surface area (Å²) >= 11 is 0. The zero-order valence-corrected chi connectivity index (χ0v) is 16.4. The molecule has 8 nitrogen and oxygen atoms in total. The normalized spacial score (nSPS) is 18.9. The van der Waals surface area contributed by atoms with Gasteiger partial charge in [0.2, 0.25) is 12.7 Å². The zero-order chi connectivity index (χ0) is 20.5. The summed E-state index contributed by atoms with van der Waals surface area (Å²) in [6.45, 7) is 1.82. The number of hydrogen-bond donors (Lipinski definition) is 1. The van der Waals surface area contributed by atoms with Gasteiger partial charge < -0.3 is 29.2 Å². The van der Waals surface area contributed by atoms with E-state index in [1.807, 2.05) is 23.1 Å². The van der Waals surface area contributed by atoms with Gasteiger partial charge in [-0.3, -0.25) is 9.59 Å². The van der Waals surface area contributed by atoms with Crippen molar-refractivity contribution in [1.29, 1.82) is 0 Å². The quantitative estimate of drug-likeness (QED) is 0.832. The van der Waals surface area contributed by atoms with Gasteiger partial charge in [0.1, 0.15) is 13.2 Å². The molecule has 1 atom stereocenters. The van der Waals surface area contributed by atoms with Crippen molar-refractivity contribution in [1.82, 2.24) is 10.2 Å². The Morgan fingerprint density at radius 1 is 0.933 bits per heavy atom. The van der Waals surface area contributed by atoms with Crippen LogP contribution in [-0.2, 0) is 4.79 Å². The molecular weight excluding hydrogens is 388 g/mol.